The van der Waals surface area contributed by atoms with Crippen LogP contribution in [0.1, 0.15) is 52.5 Å². The van der Waals surface area contributed by atoms with Gasteiger partial charge in [-0.2, -0.15) is 18.3 Å². The summed E-state index contributed by atoms with van der Waals surface area (Å²) in [6.45, 7) is 2.31. The van der Waals surface area contributed by atoms with Gasteiger partial charge >= 0.3 is 6.18 Å². The van der Waals surface area contributed by atoms with Gasteiger partial charge in [-0.15, -0.1) is 0 Å². The molecule has 0 atom stereocenters. The van der Waals surface area contributed by atoms with Crippen LogP contribution in [0, 0.1) is 6.92 Å². The number of aromatic nitrogens is 4. The number of halogens is 3. The van der Waals surface area contributed by atoms with Gasteiger partial charge in [0.1, 0.15) is 36.5 Å². The van der Waals surface area contributed by atoms with Crippen LogP contribution in [0.5, 0.6) is 5.75 Å². The second-order valence-corrected chi connectivity index (χ2v) is 8.15. The lowest BCUT2D eigenvalue weighted by Gasteiger charge is -2.09. The van der Waals surface area contributed by atoms with E-state index >= 15 is 0 Å². The van der Waals surface area contributed by atoms with E-state index in [1.54, 1.807) is 12.2 Å². The predicted octanol–water partition coefficient (Wildman–Crippen LogP) is 6.43. The summed E-state index contributed by atoms with van der Waals surface area (Å²) in [5.41, 5.74) is 3.00. The second kappa shape index (κ2) is 11.0. The Labute approximate surface area is 200 Å². The molecule has 0 saturated carbocycles. The third-order valence-corrected chi connectivity index (χ3v) is 5.50. The van der Waals surface area contributed by atoms with Crippen LogP contribution >= 0.6 is 0 Å². The quantitative estimate of drug-likeness (QED) is 0.264. The number of aryl methyl sites for hydroxylation is 3. The maximum absolute atomic E-state index is 12.7. The molecule has 1 N–H and O–H groups in total. The Kier molecular flexibility index (Phi) is 7.64. The smallest absolute Gasteiger partial charge is 0.416 e. The SMILES string of the molecule is Cc1cc(OCc2coc(/C=C/c3ccc(C(F)(F)F)cc3)n2)ccc1CCCCc1ncn[nH]1. The summed E-state index contributed by atoms with van der Waals surface area (Å²) >= 11 is 0. The second-order valence-electron chi connectivity index (χ2n) is 8.15. The molecule has 0 aliphatic carbocycles. The number of nitrogens with zero attached hydrogens (tertiary/aromatic N) is 3. The molecule has 0 saturated heterocycles. The highest BCUT2D eigenvalue weighted by molar-refractivity contribution is 5.66. The zero-order chi connectivity index (χ0) is 24.7. The Hall–Kier alpha value is -3.88. The summed E-state index contributed by atoms with van der Waals surface area (Å²) in [5.74, 6) is 2.01. The molecular formula is C26H25F3N4O2. The Morgan fingerprint density at radius 1 is 1.03 bits per heavy atom. The number of ether oxygens (including phenoxy) is 1. The first-order chi connectivity index (χ1) is 16.9. The predicted molar refractivity (Wildman–Crippen MR) is 125 cm³/mol. The number of rotatable bonds is 10. The van der Waals surface area contributed by atoms with Gasteiger partial charge < -0.3 is 9.15 Å². The average Bonchev–Trinajstić information content (AvgIpc) is 3.52. The molecule has 0 bridgehead atoms. The Morgan fingerprint density at radius 3 is 2.54 bits per heavy atom. The van der Waals surface area contributed by atoms with Crippen molar-refractivity contribution < 1.29 is 22.3 Å². The van der Waals surface area contributed by atoms with Gasteiger partial charge in [-0.25, -0.2) is 9.97 Å². The standard InChI is InChI=1S/C26H25F3N4O2/c1-18-14-23(12-9-20(18)4-2-3-5-24-30-17-31-33-24)34-15-22-16-35-25(32-22)13-8-19-6-10-21(11-7-19)26(27,28)29/h6-14,16-17H,2-5,15H2,1H3,(H,30,31,33)/b13-8+. The molecule has 182 valence electrons. The Morgan fingerprint density at radius 2 is 1.83 bits per heavy atom. The highest BCUT2D eigenvalue weighted by Gasteiger charge is 2.29. The van der Waals surface area contributed by atoms with Crippen molar-refractivity contribution in [3.8, 4) is 5.75 Å². The maximum atomic E-state index is 12.7. The van der Waals surface area contributed by atoms with Crippen molar-refractivity contribution in [3.05, 3.63) is 94.7 Å². The minimum absolute atomic E-state index is 0.244. The lowest BCUT2D eigenvalue weighted by Crippen LogP contribution is -2.03. The average molecular weight is 483 g/mol. The fourth-order valence-corrected chi connectivity index (χ4v) is 3.57. The highest BCUT2D eigenvalue weighted by Crippen LogP contribution is 2.29. The molecular weight excluding hydrogens is 457 g/mol. The fourth-order valence-electron chi connectivity index (χ4n) is 3.57. The summed E-state index contributed by atoms with van der Waals surface area (Å²) < 4.78 is 49.2. The van der Waals surface area contributed by atoms with Crippen LogP contribution in [0.25, 0.3) is 12.2 Å². The van der Waals surface area contributed by atoms with E-state index in [2.05, 4.69) is 33.2 Å². The summed E-state index contributed by atoms with van der Waals surface area (Å²) in [6.07, 6.45) is 5.89. The van der Waals surface area contributed by atoms with Crippen molar-refractivity contribution in [2.75, 3.05) is 0 Å². The largest absolute Gasteiger partial charge is 0.487 e. The lowest BCUT2D eigenvalue weighted by atomic mass is 10.0. The van der Waals surface area contributed by atoms with Crippen LogP contribution < -0.4 is 4.74 Å². The maximum Gasteiger partial charge on any atom is 0.416 e. The van der Waals surface area contributed by atoms with E-state index in [1.807, 2.05) is 12.1 Å². The molecule has 0 aliphatic rings. The molecule has 0 radical (unpaired) electrons. The van der Waals surface area contributed by atoms with E-state index in [0.717, 1.165) is 49.4 Å². The van der Waals surface area contributed by atoms with Crippen LogP contribution in [0.3, 0.4) is 0 Å². The minimum atomic E-state index is -4.35. The van der Waals surface area contributed by atoms with Gasteiger partial charge in [-0.1, -0.05) is 18.2 Å². The normalized spacial score (nSPS) is 11.9. The molecule has 4 rings (SSSR count). The van der Waals surface area contributed by atoms with E-state index in [0.29, 0.717) is 17.1 Å². The number of alkyl halides is 3. The molecule has 0 fully saturated rings. The molecule has 9 heteroatoms. The van der Waals surface area contributed by atoms with Crippen molar-refractivity contribution in [3.63, 3.8) is 0 Å². The van der Waals surface area contributed by atoms with Crippen molar-refractivity contribution in [2.45, 2.75) is 45.4 Å². The zero-order valence-electron chi connectivity index (χ0n) is 19.2. The highest BCUT2D eigenvalue weighted by atomic mass is 19.4. The molecule has 35 heavy (non-hydrogen) atoms. The zero-order valence-corrected chi connectivity index (χ0v) is 19.2. The van der Waals surface area contributed by atoms with Crippen molar-refractivity contribution >= 4 is 12.2 Å². The van der Waals surface area contributed by atoms with E-state index < -0.39 is 11.7 Å². The van der Waals surface area contributed by atoms with E-state index in [-0.39, 0.29) is 6.61 Å². The van der Waals surface area contributed by atoms with Crippen molar-refractivity contribution in [2.24, 2.45) is 0 Å². The van der Waals surface area contributed by atoms with Crippen molar-refractivity contribution in [1.82, 2.24) is 20.2 Å². The molecule has 0 aliphatic heterocycles. The first-order valence-electron chi connectivity index (χ1n) is 11.2. The number of H-pyrrole nitrogens is 1. The van der Waals surface area contributed by atoms with Gasteiger partial charge in [0.15, 0.2) is 0 Å². The number of oxazole rings is 1. The third-order valence-electron chi connectivity index (χ3n) is 5.50. The van der Waals surface area contributed by atoms with Crippen LogP contribution in [-0.2, 0) is 25.6 Å². The van der Waals surface area contributed by atoms with Gasteiger partial charge in [0.05, 0.1) is 5.56 Å². The van der Waals surface area contributed by atoms with Crippen molar-refractivity contribution in [1.29, 1.82) is 0 Å². The van der Waals surface area contributed by atoms with Gasteiger partial charge in [-0.05, 0) is 73.2 Å². The number of hydrogen-bond donors (Lipinski definition) is 1. The lowest BCUT2D eigenvalue weighted by molar-refractivity contribution is -0.137. The monoisotopic (exact) mass is 482 g/mol. The van der Waals surface area contributed by atoms with Crippen LogP contribution in [0.2, 0.25) is 0 Å². The molecule has 6 nitrogen and oxygen atoms in total. The number of benzene rings is 2. The first kappa shape index (κ1) is 24.3. The van der Waals surface area contributed by atoms with Gasteiger partial charge in [0.2, 0.25) is 5.89 Å². The molecule has 0 unspecified atom stereocenters. The summed E-state index contributed by atoms with van der Waals surface area (Å²) in [5, 5.41) is 6.74. The number of unbranched alkanes of at least 4 members (excludes halogenated alkanes) is 1. The topological polar surface area (TPSA) is 76.8 Å². The third kappa shape index (κ3) is 7.05. The number of nitrogens with one attached hydrogen (secondary N) is 1. The molecule has 4 aromatic rings. The Bertz CT molecular complexity index is 1250. The Balaban J connectivity index is 1.25. The van der Waals surface area contributed by atoms with Crippen LogP contribution in [0.4, 0.5) is 13.2 Å². The molecule has 0 spiro atoms. The fraction of sp³-hybridized carbons (Fsp3) is 0.269. The first-order valence-corrected chi connectivity index (χ1v) is 11.2. The molecule has 2 aromatic carbocycles. The molecule has 2 heterocycles. The van der Waals surface area contributed by atoms with Gasteiger partial charge in [0.25, 0.3) is 0 Å². The van der Waals surface area contributed by atoms with Gasteiger partial charge in [-0.3, -0.25) is 5.10 Å². The van der Waals surface area contributed by atoms with Crippen LogP contribution in [0.15, 0.2) is 59.5 Å². The van der Waals surface area contributed by atoms with E-state index in [9.17, 15) is 13.2 Å². The molecule has 2 aromatic heterocycles. The van der Waals surface area contributed by atoms with Crippen LogP contribution in [-0.4, -0.2) is 20.2 Å². The minimum Gasteiger partial charge on any atom is -0.487 e. The van der Waals surface area contributed by atoms with Gasteiger partial charge in [0, 0.05) is 12.5 Å². The summed E-state index contributed by atoms with van der Waals surface area (Å²) in [6, 6.07) is 10.9. The molecule has 0 amide bonds. The number of aromatic amines is 1. The summed E-state index contributed by atoms with van der Waals surface area (Å²) in [7, 11) is 0. The van der Waals surface area contributed by atoms with E-state index in [1.165, 1.54) is 35.9 Å². The number of hydrogen-bond acceptors (Lipinski definition) is 5. The summed E-state index contributed by atoms with van der Waals surface area (Å²) in [4.78, 5) is 8.48. The van der Waals surface area contributed by atoms with E-state index in [4.69, 9.17) is 9.15 Å².